The van der Waals surface area contributed by atoms with Gasteiger partial charge in [-0.2, -0.15) is 0 Å². The Labute approximate surface area is 96.5 Å². The Morgan fingerprint density at radius 1 is 1.67 bits per heavy atom. The van der Waals surface area contributed by atoms with Crippen LogP contribution in [0, 0.1) is 11.3 Å². The van der Waals surface area contributed by atoms with Crippen LogP contribution < -0.4 is 5.32 Å². The number of rotatable bonds is 6. The average molecular weight is 234 g/mol. The van der Waals surface area contributed by atoms with Crippen LogP contribution in [0.3, 0.4) is 0 Å². The van der Waals surface area contributed by atoms with E-state index in [2.05, 4.69) is 19.2 Å². The highest BCUT2D eigenvalue weighted by Crippen LogP contribution is 2.51. The van der Waals surface area contributed by atoms with Gasteiger partial charge in [-0.05, 0) is 18.3 Å². The van der Waals surface area contributed by atoms with Crippen LogP contribution in [0.25, 0.3) is 0 Å². The Hall–Kier alpha value is -0.280. The topological polar surface area (TPSA) is 38.3 Å². The molecule has 0 aromatic rings. The molecule has 3 nitrogen and oxygen atoms in total. The predicted molar refractivity (Wildman–Crippen MR) is 61.0 cm³/mol. The van der Waals surface area contributed by atoms with Crippen molar-refractivity contribution in [2.75, 3.05) is 20.3 Å². The van der Waals surface area contributed by atoms with E-state index in [9.17, 15) is 4.79 Å². The molecule has 0 aromatic carbocycles. The van der Waals surface area contributed by atoms with Gasteiger partial charge in [-0.25, -0.2) is 0 Å². The molecule has 0 aromatic heterocycles. The van der Waals surface area contributed by atoms with Crippen LogP contribution >= 0.6 is 11.6 Å². The third-order valence-electron chi connectivity index (χ3n) is 2.93. The van der Waals surface area contributed by atoms with Gasteiger partial charge in [-0.15, -0.1) is 11.6 Å². The third-order valence-corrected chi connectivity index (χ3v) is 3.28. The van der Waals surface area contributed by atoms with E-state index in [0.717, 1.165) is 12.8 Å². The number of methoxy groups -OCH3 is 1. The first-order chi connectivity index (χ1) is 6.97. The normalized spacial score (nSPS) is 24.7. The minimum Gasteiger partial charge on any atom is -0.383 e. The summed E-state index contributed by atoms with van der Waals surface area (Å²) < 4.78 is 4.91. The van der Waals surface area contributed by atoms with Crippen LogP contribution in [-0.4, -0.2) is 31.5 Å². The molecule has 88 valence electrons. The maximum atomic E-state index is 11.6. The lowest BCUT2D eigenvalue weighted by Gasteiger charge is -2.09. The molecule has 4 heteroatoms. The third kappa shape index (κ3) is 3.99. The maximum absolute atomic E-state index is 11.6. The number of amides is 1. The van der Waals surface area contributed by atoms with Crippen molar-refractivity contribution in [3.63, 3.8) is 0 Å². The number of ether oxygens (including phenoxy) is 1. The van der Waals surface area contributed by atoms with Crippen molar-refractivity contribution < 1.29 is 9.53 Å². The second-order valence-corrected chi connectivity index (χ2v) is 5.49. The number of carbonyl (C=O) groups is 1. The van der Waals surface area contributed by atoms with E-state index in [0.29, 0.717) is 13.2 Å². The fourth-order valence-electron chi connectivity index (χ4n) is 1.65. The number of nitrogens with one attached hydrogen (secondary N) is 1. The van der Waals surface area contributed by atoms with Crippen LogP contribution in [0.5, 0.6) is 0 Å². The lowest BCUT2D eigenvalue weighted by atomic mass is 10.1. The van der Waals surface area contributed by atoms with E-state index in [1.54, 1.807) is 7.11 Å². The summed E-state index contributed by atoms with van der Waals surface area (Å²) in [5, 5.41) is 2.90. The predicted octanol–water partition coefficient (Wildman–Crippen LogP) is 1.79. The van der Waals surface area contributed by atoms with Gasteiger partial charge < -0.3 is 10.1 Å². The van der Waals surface area contributed by atoms with E-state index in [4.69, 9.17) is 16.3 Å². The van der Waals surface area contributed by atoms with Crippen molar-refractivity contribution >= 4 is 17.5 Å². The molecule has 1 aliphatic carbocycles. The molecular weight excluding hydrogens is 214 g/mol. The number of hydrogen-bond acceptors (Lipinski definition) is 2. The molecule has 0 aliphatic heterocycles. The molecule has 0 heterocycles. The molecular formula is C11H20ClNO2. The van der Waals surface area contributed by atoms with Gasteiger partial charge in [0.05, 0.1) is 12.0 Å². The summed E-state index contributed by atoms with van der Waals surface area (Å²) in [6, 6.07) is 0. The van der Waals surface area contributed by atoms with Gasteiger partial charge in [0.2, 0.25) is 5.91 Å². The largest absolute Gasteiger partial charge is 0.383 e. The lowest BCUT2D eigenvalue weighted by molar-refractivity contribution is -0.122. The lowest BCUT2D eigenvalue weighted by Crippen LogP contribution is -2.29. The minimum absolute atomic E-state index is 0.0116. The summed E-state index contributed by atoms with van der Waals surface area (Å²) in [6.07, 6.45) is 1.76. The van der Waals surface area contributed by atoms with E-state index in [-0.39, 0.29) is 22.6 Å². The highest BCUT2D eigenvalue weighted by molar-refractivity contribution is 6.20. The molecule has 0 saturated heterocycles. The zero-order valence-corrected chi connectivity index (χ0v) is 10.4. The van der Waals surface area contributed by atoms with Crippen molar-refractivity contribution in [3.8, 4) is 0 Å². The number of alkyl halides is 1. The van der Waals surface area contributed by atoms with Crippen LogP contribution in [0.1, 0.15) is 26.7 Å². The smallest absolute Gasteiger partial charge is 0.223 e. The van der Waals surface area contributed by atoms with Crippen molar-refractivity contribution in [2.24, 2.45) is 11.3 Å². The Morgan fingerprint density at radius 3 is 2.73 bits per heavy atom. The van der Waals surface area contributed by atoms with Crippen LogP contribution in [-0.2, 0) is 9.53 Å². The summed E-state index contributed by atoms with van der Waals surface area (Å²) in [4.78, 5) is 11.6. The quantitative estimate of drug-likeness (QED) is 0.711. The molecule has 1 rings (SSSR count). The molecule has 2 unspecified atom stereocenters. The summed E-state index contributed by atoms with van der Waals surface area (Å²) in [5.74, 6) is 0.370. The van der Waals surface area contributed by atoms with Gasteiger partial charge in [0.1, 0.15) is 0 Å². The first-order valence-electron chi connectivity index (χ1n) is 5.38. The summed E-state index contributed by atoms with van der Waals surface area (Å²) in [7, 11) is 1.63. The van der Waals surface area contributed by atoms with Crippen LogP contribution in [0.2, 0.25) is 0 Å². The molecule has 1 N–H and O–H groups in total. The molecule has 1 aliphatic rings. The highest BCUT2D eigenvalue weighted by Gasteiger charge is 2.50. The monoisotopic (exact) mass is 233 g/mol. The van der Waals surface area contributed by atoms with Gasteiger partial charge in [-0.3, -0.25) is 4.79 Å². The fraction of sp³-hybridized carbons (Fsp3) is 0.909. The van der Waals surface area contributed by atoms with Crippen molar-refractivity contribution in [2.45, 2.75) is 32.1 Å². The summed E-state index contributed by atoms with van der Waals surface area (Å²) in [5.41, 5.74) is 0.205. The fourth-order valence-corrected chi connectivity index (χ4v) is 1.89. The second kappa shape index (κ2) is 5.17. The molecule has 0 spiro atoms. The number of halogens is 1. The van der Waals surface area contributed by atoms with E-state index in [1.807, 2.05) is 0 Å². The van der Waals surface area contributed by atoms with E-state index >= 15 is 0 Å². The SMILES string of the molecule is COCC(Cl)CCNC(=O)C1CC1(C)C. The molecule has 2 atom stereocenters. The standard InChI is InChI=1S/C11H20ClNO2/c1-11(2)6-9(11)10(14)13-5-4-8(12)7-15-3/h8-9H,4-7H2,1-3H3,(H,13,14). The van der Waals surface area contributed by atoms with Gasteiger partial charge >= 0.3 is 0 Å². The zero-order valence-electron chi connectivity index (χ0n) is 9.68. The van der Waals surface area contributed by atoms with Gasteiger partial charge in [0.25, 0.3) is 0 Å². The van der Waals surface area contributed by atoms with Gasteiger partial charge in [0, 0.05) is 19.6 Å². The Morgan fingerprint density at radius 2 is 2.27 bits per heavy atom. The number of carbonyl (C=O) groups excluding carboxylic acids is 1. The second-order valence-electron chi connectivity index (χ2n) is 4.88. The average Bonchev–Trinajstić information content (AvgIpc) is 2.75. The van der Waals surface area contributed by atoms with Crippen LogP contribution in [0.4, 0.5) is 0 Å². The molecule has 0 radical (unpaired) electrons. The van der Waals surface area contributed by atoms with Crippen molar-refractivity contribution in [1.82, 2.24) is 5.32 Å². The van der Waals surface area contributed by atoms with Crippen molar-refractivity contribution in [1.29, 1.82) is 0 Å². The van der Waals surface area contributed by atoms with E-state index in [1.165, 1.54) is 0 Å². The minimum atomic E-state index is -0.0116. The number of hydrogen-bond donors (Lipinski definition) is 1. The molecule has 1 amide bonds. The molecule has 15 heavy (non-hydrogen) atoms. The first-order valence-corrected chi connectivity index (χ1v) is 5.81. The summed E-state index contributed by atoms with van der Waals surface area (Å²) >= 11 is 5.94. The van der Waals surface area contributed by atoms with E-state index < -0.39 is 0 Å². The molecule has 0 bridgehead atoms. The molecule has 1 fully saturated rings. The maximum Gasteiger partial charge on any atom is 0.223 e. The molecule has 1 saturated carbocycles. The van der Waals surface area contributed by atoms with Crippen molar-refractivity contribution in [3.05, 3.63) is 0 Å². The van der Waals surface area contributed by atoms with Gasteiger partial charge in [-0.1, -0.05) is 13.8 Å². The van der Waals surface area contributed by atoms with Crippen LogP contribution in [0.15, 0.2) is 0 Å². The Kier molecular flexibility index (Phi) is 4.41. The first kappa shape index (κ1) is 12.8. The highest BCUT2D eigenvalue weighted by atomic mass is 35.5. The Bertz CT molecular complexity index is 231. The Balaban J connectivity index is 2.08. The zero-order chi connectivity index (χ0) is 11.5. The summed E-state index contributed by atoms with van der Waals surface area (Å²) in [6.45, 7) is 5.41. The van der Waals surface area contributed by atoms with Gasteiger partial charge in [0.15, 0.2) is 0 Å².